The Kier molecular flexibility index (Phi) is 3.51. The van der Waals surface area contributed by atoms with Gasteiger partial charge in [0.25, 0.3) is 0 Å². The van der Waals surface area contributed by atoms with E-state index in [1.807, 2.05) is 6.07 Å². The Bertz CT molecular complexity index is 901. The third-order valence-corrected chi connectivity index (χ3v) is 4.74. The highest BCUT2D eigenvalue weighted by Crippen LogP contribution is 2.45. The van der Waals surface area contributed by atoms with Crippen LogP contribution in [0.2, 0.25) is 0 Å². The molecule has 0 saturated heterocycles. The minimum atomic E-state index is 0.710. The van der Waals surface area contributed by atoms with Gasteiger partial charge in [-0.1, -0.05) is 48.5 Å². The van der Waals surface area contributed by atoms with Gasteiger partial charge in [-0.05, 0) is 29.8 Å². The zero-order chi connectivity index (χ0) is 16.6. The first kappa shape index (κ1) is 14.8. The van der Waals surface area contributed by atoms with E-state index in [0.717, 1.165) is 18.0 Å². The molecule has 4 rings (SSSR count). The molecule has 0 saturated carbocycles. The lowest BCUT2D eigenvalue weighted by atomic mass is 10.1. The average molecular weight is 315 g/mol. The van der Waals surface area contributed by atoms with Gasteiger partial charge >= 0.3 is 6.67 Å². The minimum Gasteiger partial charge on any atom is -0.202 e. The quantitative estimate of drug-likeness (QED) is 0.428. The second-order valence-corrected chi connectivity index (χ2v) is 6.45. The molecule has 1 aliphatic heterocycles. The molecule has 118 valence electrons. The molecule has 0 N–H and O–H groups in total. The van der Waals surface area contributed by atoms with E-state index in [2.05, 4.69) is 91.5 Å². The van der Waals surface area contributed by atoms with E-state index in [-0.39, 0.29) is 0 Å². The van der Waals surface area contributed by atoms with E-state index in [9.17, 15) is 0 Å². The summed E-state index contributed by atoms with van der Waals surface area (Å²) in [5.74, 6) is 0. The number of hydrogen-bond donors (Lipinski definition) is 0. The van der Waals surface area contributed by atoms with Crippen LogP contribution < -0.4 is 4.48 Å². The van der Waals surface area contributed by atoms with Crippen molar-refractivity contribution in [2.45, 2.75) is 6.92 Å². The molecule has 1 unspecified atom stereocenters. The monoisotopic (exact) mass is 315 g/mol. The summed E-state index contributed by atoms with van der Waals surface area (Å²) in [6.45, 7) is 2.94. The zero-order valence-electron chi connectivity index (χ0n) is 14.1. The van der Waals surface area contributed by atoms with Gasteiger partial charge in [-0.15, -0.1) is 0 Å². The summed E-state index contributed by atoms with van der Waals surface area (Å²) in [4.78, 5) is 0. The van der Waals surface area contributed by atoms with E-state index in [0.29, 0.717) is 4.48 Å². The van der Waals surface area contributed by atoms with Crippen molar-refractivity contribution >= 4 is 22.7 Å². The van der Waals surface area contributed by atoms with Crippen molar-refractivity contribution < 1.29 is 4.70 Å². The summed E-state index contributed by atoms with van der Waals surface area (Å²) in [6, 6.07) is 27.4. The molecular weight excluding hydrogens is 294 g/mol. The van der Waals surface area contributed by atoms with E-state index in [1.165, 1.54) is 16.9 Å². The Morgan fingerprint density at radius 3 is 2.21 bits per heavy atom. The third-order valence-electron chi connectivity index (χ3n) is 4.74. The van der Waals surface area contributed by atoms with E-state index >= 15 is 0 Å². The number of aryl methyl sites for hydroxylation is 1. The third kappa shape index (κ3) is 2.34. The molecule has 3 nitrogen and oxygen atoms in total. The van der Waals surface area contributed by atoms with Gasteiger partial charge < -0.3 is 0 Å². The topological polar surface area (TPSA) is 15.4 Å². The number of fused-ring (bicyclic) bond motifs is 1. The highest BCUT2D eigenvalue weighted by Gasteiger charge is 2.42. The molecule has 3 aromatic rings. The molecule has 0 spiro atoms. The van der Waals surface area contributed by atoms with Gasteiger partial charge in [-0.2, -0.15) is 0 Å². The van der Waals surface area contributed by atoms with Crippen molar-refractivity contribution in [3.8, 4) is 0 Å². The largest absolute Gasteiger partial charge is 0.311 e. The van der Waals surface area contributed by atoms with Gasteiger partial charge in [0.1, 0.15) is 5.69 Å². The van der Waals surface area contributed by atoms with Crippen molar-refractivity contribution in [1.29, 1.82) is 0 Å². The Labute approximate surface area is 142 Å². The first-order valence-corrected chi connectivity index (χ1v) is 8.24. The molecule has 1 atom stereocenters. The Morgan fingerprint density at radius 2 is 1.50 bits per heavy atom. The van der Waals surface area contributed by atoms with Crippen LogP contribution in [0.1, 0.15) is 5.56 Å². The highest BCUT2D eigenvalue weighted by atomic mass is 15.5. The summed E-state index contributed by atoms with van der Waals surface area (Å²) in [5, 5.41) is 4.92. The van der Waals surface area contributed by atoms with Crippen LogP contribution >= 0.6 is 0 Å². The number of quaternary nitrogens is 1. The predicted molar refractivity (Wildman–Crippen MR) is 98.3 cm³/mol. The van der Waals surface area contributed by atoms with Gasteiger partial charge in [-0.25, -0.2) is 4.48 Å². The average Bonchev–Trinajstić information content (AvgIpc) is 2.63. The second kappa shape index (κ2) is 5.69. The molecule has 0 aromatic heterocycles. The molecular formula is C21H21N3+2. The minimum absolute atomic E-state index is 0.710. The van der Waals surface area contributed by atoms with Crippen LogP contribution in [-0.2, 0) is 0 Å². The number of nitrogens with zero attached hydrogens (tertiary/aromatic N) is 3. The molecule has 1 aliphatic rings. The number of azo groups is 2. The Morgan fingerprint density at radius 1 is 0.833 bits per heavy atom. The summed E-state index contributed by atoms with van der Waals surface area (Å²) >= 11 is 0. The van der Waals surface area contributed by atoms with Crippen LogP contribution in [0, 0.1) is 6.92 Å². The fraction of sp³-hybridized carbons (Fsp3) is 0.143. The fourth-order valence-corrected chi connectivity index (χ4v) is 3.57. The lowest BCUT2D eigenvalue weighted by Crippen LogP contribution is -2.46. The molecule has 1 heterocycles. The fourth-order valence-electron chi connectivity index (χ4n) is 3.57. The highest BCUT2D eigenvalue weighted by molar-refractivity contribution is 5.73. The van der Waals surface area contributed by atoms with Gasteiger partial charge in [-0.3, -0.25) is 0 Å². The van der Waals surface area contributed by atoms with Crippen molar-refractivity contribution in [3.05, 3.63) is 84.4 Å². The van der Waals surface area contributed by atoms with Crippen LogP contribution in [0.4, 0.5) is 22.7 Å². The molecule has 3 aromatic carbocycles. The number of benzene rings is 3. The maximum atomic E-state index is 4.92. The van der Waals surface area contributed by atoms with Gasteiger partial charge in [0, 0.05) is 22.8 Å². The smallest absolute Gasteiger partial charge is 0.202 e. The normalized spacial score (nSPS) is 19.5. The number of rotatable bonds is 2. The molecule has 0 radical (unpaired) electrons. The molecule has 0 amide bonds. The van der Waals surface area contributed by atoms with Gasteiger partial charge in [0.05, 0.1) is 7.05 Å². The summed E-state index contributed by atoms with van der Waals surface area (Å²) in [6.07, 6.45) is 0. The molecule has 0 fully saturated rings. The van der Waals surface area contributed by atoms with Crippen LogP contribution in [0.3, 0.4) is 0 Å². The maximum Gasteiger partial charge on any atom is 0.311 e. The van der Waals surface area contributed by atoms with Crippen molar-refractivity contribution in [2.75, 3.05) is 13.7 Å². The van der Waals surface area contributed by atoms with Gasteiger partial charge in [0.15, 0.2) is 11.4 Å². The van der Waals surface area contributed by atoms with Crippen LogP contribution in [0.5, 0.6) is 0 Å². The second-order valence-electron chi connectivity index (χ2n) is 6.45. The lowest BCUT2D eigenvalue weighted by Gasteiger charge is -2.33. The van der Waals surface area contributed by atoms with E-state index < -0.39 is 0 Å². The first-order valence-electron chi connectivity index (χ1n) is 8.24. The lowest BCUT2D eigenvalue weighted by molar-refractivity contribution is -0.527. The number of hydrogen-bond acceptors (Lipinski definition) is 1. The van der Waals surface area contributed by atoms with E-state index in [1.54, 1.807) is 0 Å². The Hall–Kier alpha value is -2.78. The van der Waals surface area contributed by atoms with Crippen LogP contribution in [-0.4, -0.2) is 18.4 Å². The standard InChI is InChI=1S/C21H21N3/c1-17-10-9-15-20-21(17)24(2,19-13-7-4-8-14-19)16-23(22-20)18-11-5-3-6-12-18/h3-15H,16H2,1-2H3/q+2. The summed E-state index contributed by atoms with van der Waals surface area (Å²) in [5.41, 5.74) is 5.97. The molecule has 3 heteroatoms. The summed E-state index contributed by atoms with van der Waals surface area (Å²) < 4.78 is 2.82. The molecule has 24 heavy (non-hydrogen) atoms. The van der Waals surface area contributed by atoms with E-state index in [4.69, 9.17) is 5.11 Å². The first-order chi connectivity index (χ1) is 11.7. The van der Waals surface area contributed by atoms with Crippen LogP contribution in [0.25, 0.3) is 0 Å². The predicted octanol–water partition coefficient (Wildman–Crippen LogP) is 5.66. The van der Waals surface area contributed by atoms with Crippen molar-refractivity contribution in [2.24, 2.45) is 5.11 Å². The molecule has 0 bridgehead atoms. The molecule has 0 aliphatic carbocycles. The van der Waals surface area contributed by atoms with Gasteiger partial charge in [0.2, 0.25) is 5.69 Å². The zero-order valence-corrected chi connectivity index (χ0v) is 14.1. The van der Waals surface area contributed by atoms with Crippen molar-refractivity contribution in [3.63, 3.8) is 0 Å². The summed E-state index contributed by atoms with van der Waals surface area (Å²) in [7, 11) is 2.27. The maximum absolute atomic E-state index is 4.92. The SMILES string of the molecule is Cc1cccc2c1[N+](C)(c1ccccc1)C[N+](c1ccccc1)=N2. The van der Waals surface area contributed by atoms with Crippen LogP contribution in [0.15, 0.2) is 84.0 Å². The van der Waals surface area contributed by atoms with Crippen molar-refractivity contribution in [1.82, 2.24) is 4.48 Å². The number of para-hydroxylation sites is 3. The Balaban J connectivity index is 1.95.